The summed E-state index contributed by atoms with van der Waals surface area (Å²) in [4.78, 5) is 12.2. The zero-order valence-corrected chi connectivity index (χ0v) is 16.1. The van der Waals surface area contributed by atoms with Gasteiger partial charge in [0.25, 0.3) is 0 Å². The van der Waals surface area contributed by atoms with Gasteiger partial charge in [0.05, 0.1) is 16.5 Å². The smallest absolute Gasteiger partial charge is 0.234 e. The van der Waals surface area contributed by atoms with Gasteiger partial charge in [-0.3, -0.25) is 4.79 Å². The molecule has 2 aromatic carbocycles. The number of hydrogen-bond donors (Lipinski definition) is 1. The van der Waals surface area contributed by atoms with Crippen molar-refractivity contribution in [1.82, 2.24) is 0 Å². The highest BCUT2D eigenvalue weighted by Gasteiger charge is 2.16. The quantitative estimate of drug-likeness (QED) is 0.716. The highest BCUT2D eigenvalue weighted by Crippen LogP contribution is 2.38. The predicted octanol–water partition coefficient (Wildman–Crippen LogP) is 5.29. The minimum atomic E-state index is -0.174. The summed E-state index contributed by atoms with van der Waals surface area (Å²) in [6.45, 7) is 0.951. The number of fused-ring (bicyclic) bond motifs is 1. The summed E-state index contributed by atoms with van der Waals surface area (Å²) in [6, 6.07) is 8.65. The molecule has 132 valence electrons. The van der Waals surface area contributed by atoms with Crippen LogP contribution in [0.5, 0.6) is 11.5 Å². The van der Waals surface area contributed by atoms with E-state index in [1.807, 2.05) is 0 Å². The van der Waals surface area contributed by atoms with E-state index < -0.39 is 0 Å². The van der Waals surface area contributed by atoms with Gasteiger partial charge in [0.1, 0.15) is 13.2 Å². The van der Waals surface area contributed by atoms with Gasteiger partial charge in [-0.1, -0.05) is 40.9 Å². The highest BCUT2D eigenvalue weighted by atomic mass is 35.5. The molecule has 1 N–H and O–H groups in total. The van der Waals surface area contributed by atoms with Gasteiger partial charge < -0.3 is 14.8 Å². The SMILES string of the molecule is O=C(CSCc1c(Cl)cccc1Cl)Nc1cc2c(cc1Cl)OCCO2. The Kier molecular flexibility index (Phi) is 6.23. The molecule has 1 aliphatic rings. The number of amides is 1. The average molecular weight is 419 g/mol. The van der Waals surface area contributed by atoms with Crippen LogP contribution in [0.4, 0.5) is 5.69 Å². The molecule has 0 fully saturated rings. The summed E-state index contributed by atoms with van der Waals surface area (Å²) in [5.74, 6) is 1.76. The molecule has 4 nitrogen and oxygen atoms in total. The minimum Gasteiger partial charge on any atom is -0.486 e. The molecule has 25 heavy (non-hydrogen) atoms. The Morgan fingerprint density at radius 2 is 1.68 bits per heavy atom. The number of hydrogen-bond acceptors (Lipinski definition) is 4. The third kappa shape index (κ3) is 4.67. The first-order valence-corrected chi connectivity index (χ1v) is 9.73. The molecule has 0 radical (unpaired) electrons. The van der Waals surface area contributed by atoms with Crippen molar-refractivity contribution in [1.29, 1.82) is 0 Å². The van der Waals surface area contributed by atoms with E-state index in [2.05, 4.69) is 5.32 Å². The monoisotopic (exact) mass is 417 g/mol. The van der Waals surface area contributed by atoms with Crippen molar-refractivity contribution >= 4 is 58.2 Å². The van der Waals surface area contributed by atoms with Crippen molar-refractivity contribution in [3.63, 3.8) is 0 Å². The van der Waals surface area contributed by atoms with E-state index in [0.717, 1.165) is 5.56 Å². The summed E-state index contributed by atoms with van der Waals surface area (Å²) in [5, 5.41) is 4.37. The van der Waals surface area contributed by atoms with Gasteiger partial charge in [-0.05, 0) is 17.7 Å². The molecule has 0 bridgehead atoms. The maximum Gasteiger partial charge on any atom is 0.234 e. The van der Waals surface area contributed by atoms with Crippen LogP contribution in [0.2, 0.25) is 15.1 Å². The van der Waals surface area contributed by atoms with Gasteiger partial charge in [0, 0.05) is 27.9 Å². The fourth-order valence-electron chi connectivity index (χ4n) is 2.26. The Balaban J connectivity index is 1.58. The molecule has 0 aromatic heterocycles. The van der Waals surface area contributed by atoms with Gasteiger partial charge in [-0.2, -0.15) is 0 Å². The van der Waals surface area contributed by atoms with Crippen LogP contribution in [0.1, 0.15) is 5.56 Å². The van der Waals surface area contributed by atoms with Gasteiger partial charge in [0.15, 0.2) is 11.5 Å². The number of carbonyl (C=O) groups is 1. The maximum atomic E-state index is 12.2. The summed E-state index contributed by atoms with van der Waals surface area (Å²) in [7, 11) is 0. The van der Waals surface area contributed by atoms with Crippen LogP contribution in [0, 0.1) is 0 Å². The van der Waals surface area contributed by atoms with E-state index >= 15 is 0 Å². The lowest BCUT2D eigenvalue weighted by atomic mass is 10.2. The number of benzene rings is 2. The molecule has 1 heterocycles. The zero-order valence-electron chi connectivity index (χ0n) is 13.0. The van der Waals surface area contributed by atoms with Crippen molar-refractivity contribution in [2.75, 3.05) is 24.3 Å². The van der Waals surface area contributed by atoms with Crippen molar-refractivity contribution < 1.29 is 14.3 Å². The lowest BCUT2D eigenvalue weighted by Crippen LogP contribution is -2.17. The fraction of sp³-hybridized carbons (Fsp3) is 0.235. The van der Waals surface area contributed by atoms with Crippen LogP contribution in [0.15, 0.2) is 30.3 Å². The van der Waals surface area contributed by atoms with E-state index in [1.54, 1.807) is 30.3 Å². The topological polar surface area (TPSA) is 47.6 Å². The number of anilines is 1. The Labute approximate surface area is 164 Å². The molecule has 8 heteroatoms. The number of nitrogens with one attached hydrogen (secondary N) is 1. The first-order valence-electron chi connectivity index (χ1n) is 7.44. The number of carbonyl (C=O) groups excluding carboxylic acids is 1. The van der Waals surface area contributed by atoms with Gasteiger partial charge in [-0.25, -0.2) is 0 Å². The second-order valence-electron chi connectivity index (χ2n) is 5.22. The van der Waals surface area contributed by atoms with Crippen LogP contribution < -0.4 is 14.8 Å². The third-order valence-corrected chi connectivity index (χ3v) is 5.43. The molecule has 0 unspecified atom stereocenters. The van der Waals surface area contributed by atoms with Crippen LogP contribution in [-0.2, 0) is 10.5 Å². The first kappa shape index (κ1) is 18.5. The van der Waals surface area contributed by atoms with Gasteiger partial charge in [0.2, 0.25) is 5.91 Å². The van der Waals surface area contributed by atoms with E-state index in [-0.39, 0.29) is 11.7 Å². The molecule has 2 aromatic rings. The lowest BCUT2D eigenvalue weighted by Gasteiger charge is -2.20. The molecule has 0 atom stereocenters. The molecule has 1 aliphatic heterocycles. The maximum absolute atomic E-state index is 12.2. The molecule has 0 spiro atoms. The van der Waals surface area contributed by atoms with Crippen molar-refractivity contribution in [2.45, 2.75) is 5.75 Å². The van der Waals surface area contributed by atoms with Gasteiger partial charge in [-0.15, -0.1) is 11.8 Å². The fourth-order valence-corrected chi connectivity index (χ4v) is 4.03. The Hall–Kier alpha value is -1.27. The average Bonchev–Trinajstić information content (AvgIpc) is 2.58. The summed E-state index contributed by atoms with van der Waals surface area (Å²) in [6.07, 6.45) is 0. The Bertz CT molecular complexity index is 781. The summed E-state index contributed by atoms with van der Waals surface area (Å²) < 4.78 is 10.9. The first-order chi connectivity index (χ1) is 12.0. The number of halogens is 3. The standard InChI is InChI=1S/C17H14Cl3NO3S/c18-11-2-1-3-12(19)10(11)8-25-9-17(22)21-14-7-16-15(6-13(14)20)23-4-5-24-16/h1-3,6-7H,4-5,8-9H2,(H,21,22). The summed E-state index contributed by atoms with van der Waals surface area (Å²) >= 11 is 19.8. The third-order valence-electron chi connectivity index (χ3n) is 3.45. The highest BCUT2D eigenvalue weighted by molar-refractivity contribution is 7.99. The molecular formula is C17H14Cl3NO3S. The van der Waals surface area contributed by atoms with Crippen LogP contribution in [0.25, 0.3) is 0 Å². The molecular weight excluding hydrogens is 405 g/mol. The predicted molar refractivity (Wildman–Crippen MR) is 104 cm³/mol. The Morgan fingerprint density at radius 1 is 1.04 bits per heavy atom. The number of rotatable bonds is 5. The van der Waals surface area contributed by atoms with Crippen LogP contribution >= 0.6 is 46.6 Å². The largest absolute Gasteiger partial charge is 0.486 e. The van der Waals surface area contributed by atoms with Crippen molar-refractivity contribution in [3.05, 3.63) is 51.0 Å². The minimum absolute atomic E-state index is 0.174. The lowest BCUT2D eigenvalue weighted by molar-refractivity contribution is -0.113. The van der Waals surface area contributed by atoms with Crippen molar-refractivity contribution in [2.24, 2.45) is 0 Å². The normalized spacial score (nSPS) is 12.8. The Morgan fingerprint density at radius 3 is 2.36 bits per heavy atom. The summed E-state index contributed by atoms with van der Waals surface area (Å²) in [5.41, 5.74) is 1.31. The molecule has 0 saturated carbocycles. The van der Waals surface area contributed by atoms with E-state index in [0.29, 0.717) is 51.2 Å². The number of ether oxygens (including phenoxy) is 2. The zero-order chi connectivity index (χ0) is 17.8. The molecule has 0 aliphatic carbocycles. The number of thioether (sulfide) groups is 1. The second-order valence-corrected chi connectivity index (χ2v) is 7.42. The van der Waals surface area contributed by atoms with E-state index in [4.69, 9.17) is 44.3 Å². The van der Waals surface area contributed by atoms with Crippen LogP contribution in [-0.4, -0.2) is 24.9 Å². The molecule has 1 amide bonds. The molecule has 0 saturated heterocycles. The van der Waals surface area contributed by atoms with Crippen LogP contribution in [0.3, 0.4) is 0 Å². The second kappa shape index (κ2) is 8.41. The van der Waals surface area contributed by atoms with E-state index in [9.17, 15) is 4.79 Å². The van der Waals surface area contributed by atoms with Crippen molar-refractivity contribution in [3.8, 4) is 11.5 Å². The van der Waals surface area contributed by atoms with E-state index in [1.165, 1.54) is 11.8 Å². The van der Waals surface area contributed by atoms with Gasteiger partial charge >= 0.3 is 0 Å². The molecule has 3 rings (SSSR count).